The molecule has 3 aromatic rings. The fraction of sp³-hybridized carbons (Fsp3) is 0.385. The van der Waals surface area contributed by atoms with E-state index in [1.807, 2.05) is 50.2 Å². The van der Waals surface area contributed by atoms with Crippen molar-refractivity contribution < 1.29 is 28.5 Å². The summed E-state index contributed by atoms with van der Waals surface area (Å²) in [5.74, 6) is 0.779. The average Bonchev–Trinajstić information content (AvgIpc) is 2.73. The minimum atomic E-state index is -0.778. The Labute approximate surface area is 188 Å². The second-order valence-electron chi connectivity index (χ2n) is 8.12. The fourth-order valence-electron chi connectivity index (χ4n) is 3.64. The Hall–Kier alpha value is -3.28. The molecule has 0 heterocycles. The van der Waals surface area contributed by atoms with E-state index in [-0.39, 0.29) is 12.2 Å². The van der Waals surface area contributed by atoms with Crippen LogP contribution in [0, 0.1) is 0 Å². The molecule has 0 aliphatic heterocycles. The third-order valence-corrected chi connectivity index (χ3v) is 5.02. The van der Waals surface area contributed by atoms with Gasteiger partial charge in [-0.1, -0.05) is 44.2 Å². The standard InChI is InChI=1S/C26H30O6/c1-7-17-12-13-19-21(14-17)23(31-25(27)29-15(3)4)20-11-9-10-18(8-2)22(20)24(19)32-26(28)30-16(5)6/h9-16H,7-8H2,1-6H3. The van der Waals surface area contributed by atoms with E-state index in [0.717, 1.165) is 17.5 Å². The molecule has 170 valence electrons. The highest BCUT2D eigenvalue weighted by molar-refractivity contribution is 6.13. The number of ether oxygens (including phenoxy) is 4. The molecule has 0 saturated carbocycles. The Morgan fingerprint density at radius 3 is 1.94 bits per heavy atom. The van der Waals surface area contributed by atoms with Crippen LogP contribution >= 0.6 is 0 Å². The minimum absolute atomic E-state index is 0.314. The Morgan fingerprint density at radius 1 is 0.750 bits per heavy atom. The second-order valence-corrected chi connectivity index (χ2v) is 8.12. The largest absolute Gasteiger partial charge is 0.514 e. The number of aryl methyl sites for hydroxylation is 2. The zero-order chi connectivity index (χ0) is 23.4. The molecule has 0 fully saturated rings. The van der Waals surface area contributed by atoms with Gasteiger partial charge in [-0.15, -0.1) is 0 Å². The molecule has 0 spiro atoms. The number of benzene rings is 3. The van der Waals surface area contributed by atoms with Crippen LogP contribution in [0.3, 0.4) is 0 Å². The van der Waals surface area contributed by atoms with Crippen LogP contribution in [0.5, 0.6) is 11.5 Å². The summed E-state index contributed by atoms with van der Waals surface area (Å²) in [6.07, 6.45) is -0.692. The molecule has 0 bridgehead atoms. The van der Waals surface area contributed by atoms with Crippen molar-refractivity contribution in [2.24, 2.45) is 0 Å². The van der Waals surface area contributed by atoms with E-state index in [4.69, 9.17) is 18.9 Å². The van der Waals surface area contributed by atoms with Crippen LogP contribution in [0.15, 0.2) is 36.4 Å². The monoisotopic (exact) mass is 438 g/mol. The van der Waals surface area contributed by atoms with E-state index >= 15 is 0 Å². The zero-order valence-corrected chi connectivity index (χ0v) is 19.5. The molecule has 0 atom stereocenters. The number of hydrogen-bond acceptors (Lipinski definition) is 6. The molecule has 0 amide bonds. The van der Waals surface area contributed by atoms with Gasteiger partial charge in [0.15, 0.2) is 5.75 Å². The van der Waals surface area contributed by atoms with Crippen LogP contribution in [-0.4, -0.2) is 24.5 Å². The summed E-state index contributed by atoms with van der Waals surface area (Å²) in [6.45, 7) is 11.1. The molecule has 0 radical (unpaired) electrons. The van der Waals surface area contributed by atoms with Gasteiger partial charge in [0.05, 0.1) is 12.2 Å². The van der Waals surface area contributed by atoms with Crippen LogP contribution in [0.2, 0.25) is 0 Å². The van der Waals surface area contributed by atoms with Crippen molar-refractivity contribution in [1.29, 1.82) is 0 Å². The Kier molecular flexibility index (Phi) is 7.23. The van der Waals surface area contributed by atoms with E-state index in [0.29, 0.717) is 39.5 Å². The predicted molar refractivity (Wildman–Crippen MR) is 125 cm³/mol. The summed E-state index contributed by atoms with van der Waals surface area (Å²) in [5, 5.41) is 2.69. The van der Waals surface area contributed by atoms with Gasteiger partial charge in [-0.3, -0.25) is 0 Å². The molecular weight excluding hydrogens is 408 g/mol. The average molecular weight is 439 g/mol. The first-order valence-corrected chi connectivity index (χ1v) is 11.0. The lowest BCUT2D eigenvalue weighted by Gasteiger charge is -2.19. The lowest BCUT2D eigenvalue weighted by molar-refractivity contribution is 0.0719. The summed E-state index contributed by atoms with van der Waals surface area (Å²) in [5.41, 5.74) is 2.01. The van der Waals surface area contributed by atoms with Crippen molar-refractivity contribution in [2.45, 2.75) is 66.6 Å². The van der Waals surface area contributed by atoms with E-state index in [9.17, 15) is 9.59 Å². The quantitative estimate of drug-likeness (QED) is 0.235. The third kappa shape index (κ3) is 4.96. The van der Waals surface area contributed by atoms with Crippen molar-refractivity contribution >= 4 is 33.9 Å². The van der Waals surface area contributed by atoms with Crippen LogP contribution < -0.4 is 9.47 Å². The minimum Gasteiger partial charge on any atom is -0.431 e. The summed E-state index contributed by atoms with van der Waals surface area (Å²) in [4.78, 5) is 24.9. The van der Waals surface area contributed by atoms with E-state index in [2.05, 4.69) is 0 Å². The molecule has 0 N–H and O–H groups in total. The molecule has 0 aromatic heterocycles. The number of carbonyl (C=O) groups is 2. The van der Waals surface area contributed by atoms with Crippen molar-refractivity contribution in [3.8, 4) is 11.5 Å². The number of hydrogen-bond donors (Lipinski definition) is 0. The molecule has 3 rings (SSSR count). The molecule has 6 heteroatoms. The highest BCUT2D eigenvalue weighted by Crippen LogP contribution is 2.45. The van der Waals surface area contributed by atoms with Gasteiger partial charge < -0.3 is 18.9 Å². The molecular formula is C26H30O6. The van der Waals surface area contributed by atoms with Gasteiger partial charge in [-0.25, -0.2) is 9.59 Å². The maximum Gasteiger partial charge on any atom is 0.514 e. The number of rotatable bonds is 6. The maximum absolute atomic E-state index is 12.5. The van der Waals surface area contributed by atoms with E-state index in [1.165, 1.54) is 0 Å². The molecule has 0 unspecified atom stereocenters. The van der Waals surface area contributed by atoms with Gasteiger partial charge in [0.25, 0.3) is 0 Å². The van der Waals surface area contributed by atoms with E-state index < -0.39 is 12.3 Å². The highest BCUT2D eigenvalue weighted by atomic mass is 16.7. The van der Waals surface area contributed by atoms with Gasteiger partial charge >= 0.3 is 12.3 Å². The van der Waals surface area contributed by atoms with Gasteiger partial charge in [-0.2, -0.15) is 0 Å². The third-order valence-electron chi connectivity index (χ3n) is 5.02. The highest BCUT2D eigenvalue weighted by Gasteiger charge is 2.23. The van der Waals surface area contributed by atoms with Crippen molar-refractivity contribution in [3.05, 3.63) is 47.5 Å². The smallest absolute Gasteiger partial charge is 0.431 e. The molecule has 0 aliphatic rings. The molecule has 0 aliphatic carbocycles. The summed E-state index contributed by atoms with van der Waals surface area (Å²) < 4.78 is 22.0. The fourth-order valence-corrected chi connectivity index (χ4v) is 3.64. The lowest BCUT2D eigenvalue weighted by Crippen LogP contribution is -2.17. The second kappa shape index (κ2) is 9.90. The first-order chi connectivity index (χ1) is 15.2. The number of fused-ring (bicyclic) bond motifs is 2. The normalized spacial score (nSPS) is 11.2. The van der Waals surface area contributed by atoms with Crippen molar-refractivity contribution in [2.75, 3.05) is 0 Å². The predicted octanol–water partition coefficient (Wildman–Crippen LogP) is 6.97. The molecule has 3 aromatic carbocycles. The van der Waals surface area contributed by atoms with Crippen LogP contribution in [0.25, 0.3) is 21.5 Å². The molecule has 32 heavy (non-hydrogen) atoms. The van der Waals surface area contributed by atoms with Gasteiger partial charge in [0.1, 0.15) is 5.75 Å². The van der Waals surface area contributed by atoms with Crippen molar-refractivity contribution in [1.82, 2.24) is 0 Å². The van der Waals surface area contributed by atoms with Crippen LogP contribution in [0.4, 0.5) is 9.59 Å². The Bertz CT molecular complexity index is 1140. The maximum atomic E-state index is 12.5. The number of carbonyl (C=O) groups excluding carboxylic acids is 2. The Morgan fingerprint density at radius 2 is 1.38 bits per heavy atom. The van der Waals surface area contributed by atoms with Gasteiger partial charge in [-0.05, 0) is 57.7 Å². The molecule has 0 saturated heterocycles. The lowest BCUT2D eigenvalue weighted by atomic mass is 9.94. The topological polar surface area (TPSA) is 71.1 Å². The van der Waals surface area contributed by atoms with E-state index in [1.54, 1.807) is 27.7 Å². The zero-order valence-electron chi connectivity index (χ0n) is 19.5. The van der Waals surface area contributed by atoms with Crippen molar-refractivity contribution in [3.63, 3.8) is 0 Å². The summed E-state index contributed by atoms with van der Waals surface area (Å²) in [7, 11) is 0. The first kappa shape index (κ1) is 23.4. The van der Waals surface area contributed by atoms with Crippen LogP contribution in [0.1, 0.15) is 52.7 Å². The SMILES string of the molecule is CCc1ccc2c(OC(=O)OC(C)C)c3c(CC)cccc3c(OC(=O)OC(C)C)c2c1. The summed E-state index contributed by atoms with van der Waals surface area (Å²) >= 11 is 0. The van der Waals surface area contributed by atoms with Gasteiger partial charge in [0.2, 0.25) is 0 Å². The summed E-state index contributed by atoms with van der Waals surface area (Å²) in [6, 6.07) is 11.5. The first-order valence-electron chi connectivity index (χ1n) is 11.0. The van der Waals surface area contributed by atoms with Gasteiger partial charge in [0, 0.05) is 21.5 Å². The molecule has 6 nitrogen and oxygen atoms in total. The van der Waals surface area contributed by atoms with Crippen LogP contribution in [-0.2, 0) is 22.3 Å². The Balaban J connectivity index is 2.34.